The highest BCUT2D eigenvalue weighted by Gasteiger charge is 2.31. The molecule has 0 aliphatic carbocycles. The van der Waals surface area contributed by atoms with Crippen molar-refractivity contribution in [1.29, 1.82) is 0 Å². The van der Waals surface area contributed by atoms with E-state index in [0.29, 0.717) is 0 Å². The number of aliphatic imine (C=N–C) groups is 1. The molecule has 1 aliphatic heterocycles. The van der Waals surface area contributed by atoms with Gasteiger partial charge in [-0.2, -0.15) is 0 Å². The van der Waals surface area contributed by atoms with E-state index in [1.54, 1.807) is 0 Å². The Labute approximate surface area is 104 Å². The standard InChI is InChI=1S/C13H21ClN2/c1-6-8-13(3,4)11-10(7-2)9-15-12(14)16(11)5/h7,9,12H,2,6,8H2,1,3-5H3. The lowest BCUT2D eigenvalue weighted by Gasteiger charge is -2.39. The van der Waals surface area contributed by atoms with Crippen molar-refractivity contribution < 1.29 is 0 Å². The molecule has 1 heterocycles. The Kier molecular flexibility index (Phi) is 4.20. The summed E-state index contributed by atoms with van der Waals surface area (Å²) >= 11 is 6.15. The maximum atomic E-state index is 6.15. The van der Waals surface area contributed by atoms with Gasteiger partial charge in [0.1, 0.15) is 0 Å². The zero-order chi connectivity index (χ0) is 12.3. The van der Waals surface area contributed by atoms with Gasteiger partial charge in [-0.05, 0) is 6.42 Å². The summed E-state index contributed by atoms with van der Waals surface area (Å²) in [5.74, 6) is 0. The zero-order valence-electron chi connectivity index (χ0n) is 10.6. The maximum Gasteiger partial charge on any atom is 0.197 e. The van der Waals surface area contributed by atoms with Crippen LogP contribution in [-0.2, 0) is 0 Å². The van der Waals surface area contributed by atoms with Crippen LogP contribution >= 0.6 is 11.6 Å². The third-order valence-electron chi connectivity index (χ3n) is 3.02. The first-order chi connectivity index (χ1) is 7.44. The fraction of sp³-hybridized carbons (Fsp3) is 0.615. The van der Waals surface area contributed by atoms with Gasteiger partial charge < -0.3 is 4.90 Å². The quantitative estimate of drug-likeness (QED) is 0.539. The molecule has 0 spiro atoms. The van der Waals surface area contributed by atoms with Gasteiger partial charge in [0.15, 0.2) is 5.62 Å². The van der Waals surface area contributed by atoms with E-state index in [2.05, 4.69) is 32.3 Å². The van der Waals surface area contributed by atoms with Crippen LogP contribution in [0.4, 0.5) is 0 Å². The molecule has 1 rings (SSSR count). The fourth-order valence-electron chi connectivity index (χ4n) is 2.37. The van der Waals surface area contributed by atoms with Crippen LogP contribution in [-0.4, -0.2) is 23.8 Å². The Morgan fingerprint density at radius 3 is 2.75 bits per heavy atom. The molecule has 0 saturated heterocycles. The molecular formula is C13H21ClN2. The molecule has 1 unspecified atom stereocenters. The molecule has 0 saturated carbocycles. The van der Waals surface area contributed by atoms with E-state index in [9.17, 15) is 0 Å². The van der Waals surface area contributed by atoms with Gasteiger partial charge in [0.25, 0.3) is 0 Å². The molecule has 0 aromatic carbocycles. The van der Waals surface area contributed by atoms with Gasteiger partial charge in [0, 0.05) is 29.9 Å². The third kappa shape index (κ3) is 2.49. The van der Waals surface area contributed by atoms with Gasteiger partial charge in [-0.3, -0.25) is 4.99 Å². The van der Waals surface area contributed by atoms with Crippen molar-refractivity contribution in [1.82, 2.24) is 4.90 Å². The van der Waals surface area contributed by atoms with Crippen molar-refractivity contribution in [3.63, 3.8) is 0 Å². The van der Waals surface area contributed by atoms with Crippen molar-refractivity contribution in [2.45, 2.75) is 39.2 Å². The van der Waals surface area contributed by atoms with Gasteiger partial charge in [-0.15, -0.1) is 0 Å². The van der Waals surface area contributed by atoms with Crippen molar-refractivity contribution in [2.75, 3.05) is 7.05 Å². The minimum Gasteiger partial charge on any atom is -0.343 e. The van der Waals surface area contributed by atoms with Crippen LogP contribution in [0.1, 0.15) is 33.6 Å². The van der Waals surface area contributed by atoms with Crippen LogP contribution in [0.3, 0.4) is 0 Å². The number of nitrogens with zero attached hydrogens (tertiary/aromatic N) is 2. The molecule has 0 aromatic heterocycles. The Morgan fingerprint density at radius 2 is 2.25 bits per heavy atom. The zero-order valence-corrected chi connectivity index (χ0v) is 11.4. The number of allylic oxidation sites excluding steroid dienone is 3. The van der Waals surface area contributed by atoms with Crippen LogP contribution in [0.15, 0.2) is 28.9 Å². The summed E-state index contributed by atoms with van der Waals surface area (Å²) in [5, 5.41) is 0. The molecule has 16 heavy (non-hydrogen) atoms. The number of alkyl halides is 1. The SMILES string of the molecule is C=CC1=C(C(C)(C)CCC)N(C)C(Cl)N=C1. The second kappa shape index (κ2) is 5.05. The third-order valence-corrected chi connectivity index (χ3v) is 3.42. The molecule has 1 atom stereocenters. The van der Waals surface area contributed by atoms with Crippen molar-refractivity contribution >= 4 is 17.8 Å². The Bertz CT molecular complexity index is 329. The van der Waals surface area contributed by atoms with Crippen molar-refractivity contribution in [3.05, 3.63) is 23.9 Å². The van der Waals surface area contributed by atoms with E-state index >= 15 is 0 Å². The van der Waals surface area contributed by atoms with Crippen LogP contribution in [0.25, 0.3) is 0 Å². The van der Waals surface area contributed by atoms with Crippen LogP contribution in [0.2, 0.25) is 0 Å². The lowest BCUT2D eigenvalue weighted by molar-refractivity contribution is 0.259. The summed E-state index contributed by atoms with van der Waals surface area (Å²) in [6.45, 7) is 10.5. The fourth-order valence-corrected chi connectivity index (χ4v) is 2.53. The number of hydrogen-bond acceptors (Lipinski definition) is 2. The lowest BCUT2D eigenvalue weighted by Crippen LogP contribution is -2.36. The largest absolute Gasteiger partial charge is 0.343 e. The summed E-state index contributed by atoms with van der Waals surface area (Å²) in [7, 11) is 1.99. The van der Waals surface area contributed by atoms with E-state index in [-0.39, 0.29) is 11.0 Å². The molecule has 0 bridgehead atoms. The predicted molar refractivity (Wildman–Crippen MR) is 71.8 cm³/mol. The average Bonchev–Trinajstić information content (AvgIpc) is 2.21. The highest BCUT2D eigenvalue weighted by Crippen LogP contribution is 2.38. The summed E-state index contributed by atoms with van der Waals surface area (Å²) in [6, 6.07) is 0. The molecule has 0 radical (unpaired) electrons. The Hall–Kier alpha value is -0.760. The molecule has 0 aromatic rings. The highest BCUT2D eigenvalue weighted by atomic mass is 35.5. The van der Waals surface area contributed by atoms with Crippen molar-refractivity contribution in [3.8, 4) is 0 Å². The first-order valence-electron chi connectivity index (χ1n) is 5.71. The van der Waals surface area contributed by atoms with Gasteiger partial charge in [0.05, 0.1) is 0 Å². The van der Waals surface area contributed by atoms with Gasteiger partial charge in [-0.25, -0.2) is 0 Å². The van der Waals surface area contributed by atoms with Crippen LogP contribution < -0.4 is 0 Å². The topological polar surface area (TPSA) is 15.6 Å². The first-order valence-corrected chi connectivity index (χ1v) is 6.15. The molecule has 3 heteroatoms. The smallest absolute Gasteiger partial charge is 0.197 e. The molecule has 0 amide bonds. The predicted octanol–water partition coefficient (Wildman–Crippen LogP) is 3.79. The number of hydrogen-bond donors (Lipinski definition) is 0. The maximum absolute atomic E-state index is 6.15. The molecule has 1 aliphatic rings. The molecule has 2 nitrogen and oxygen atoms in total. The second-order valence-corrected chi connectivity index (χ2v) is 5.23. The minimum atomic E-state index is -0.296. The van der Waals surface area contributed by atoms with E-state index in [1.165, 1.54) is 5.70 Å². The van der Waals surface area contributed by atoms with E-state index in [1.807, 2.05) is 24.2 Å². The van der Waals surface area contributed by atoms with Crippen LogP contribution in [0.5, 0.6) is 0 Å². The van der Waals surface area contributed by atoms with Gasteiger partial charge >= 0.3 is 0 Å². The monoisotopic (exact) mass is 240 g/mol. The van der Waals surface area contributed by atoms with E-state index in [0.717, 1.165) is 18.4 Å². The van der Waals surface area contributed by atoms with E-state index < -0.39 is 0 Å². The number of rotatable bonds is 4. The summed E-state index contributed by atoms with van der Waals surface area (Å²) in [6.07, 6.45) is 5.97. The average molecular weight is 241 g/mol. The lowest BCUT2D eigenvalue weighted by atomic mass is 9.81. The molecule has 90 valence electrons. The summed E-state index contributed by atoms with van der Waals surface area (Å²) in [5.41, 5.74) is 2.12. The first kappa shape index (κ1) is 13.3. The van der Waals surface area contributed by atoms with Gasteiger partial charge in [-0.1, -0.05) is 51.4 Å². The van der Waals surface area contributed by atoms with Gasteiger partial charge in [0.2, 0.25) is 0 Å². The molecular weight excluding hydrogens is 220 g/mol. The van der Waals surface area contributed by atoms with Crippen molar-refractivity contribution in [2.24, 2.45) is 10.4 Å². The van der Waals surface area contributed by atoms with Crippen LogP contribution in [0, 0.1) is 5.41 Å². The summed E-state index contributed by atoms with van der Waals surface area (Å²) in [4.78, 5) is 6.26. The van der Waals surface area contributed by atoms with E-state index in [4.69, 9.17) is 11.6 Å². The highest BCUT2D eigenvalue weighted by molar-refractivity contribution is 6.21. The number of halogens is 1. The summed E-state index contributed by atoms with van der Waals surface area (Å²) < 4.78 is 0. The Morgan fingerprint density at radius 1 is 1.62 bits per heavy atom. The molecule has 0 N–H and O–H groups in total. The molecule has 0 fully saturated rings. The minimum absolute atomic E-state index is 0.104. The normalized spacial score (nSPS) is 21.6. The second-order valence-electron chi connectivity index (χ2n) is 4.84. The Balaban J connectivity index is 3.17.